The molecule has 0 amide bonds. The van der Waals surface area contributed by atoms with Gasteiger partial charge in [0.25, 0.3) is 0 Å². The van der Waals surface area contributed by atoms with Gasteiger partial charge >= 0.3 is 5.97 Å². The number of hydrogen-bond acceptors (Lipinski definition) is 14. The van der Waals surface area contributed by atoms with Crippen molar-refractivity contribution in [2.45, 2.75) is 248 Å². The third-order valence-electron chi connectivity index (χ3n) is 12.1. The zero-order chi connectivity index (χ0) is 47.3. The van der Waals surface area contributed by atoms with Gasteiger partial charge in [0.15, 0.2) is 12.6 Å². The minimum atomic E-state index is -1.71. The molecule has 0 aliphatic carbocycles. The van der Waals surface area contributed by atoms with Crippen LogP contribution in [0.1, 0.15) is 181 Å². The van der Waals surface area contributed by atoms with Gasteiger partial charge in [-0.25, -0.2) is 0 Å². The summed E-state index contributed by atoms with van der Waals surface area (Å²) in [6.45, 7) is 3.62. The molecule has 0 radical (unpaired) electrons. The Hall–Kier alpha value is -1.79. The normalized spacial score (nSPS) is 26.8. The highest BCUT2D eigenvalue weighted by molar-refractivity contribution is 5.69. The van der Waals surface area contributed by atoms with Gasteiger partial charge < -0.3 is 64.2 Å². The van der Waals surface area contributed by atoms with E-state index in [1.165, 1.54) is 83.5 Å². The van der Waals surface area contributed by atoms with E-state index in [2.05, 4.69) is 50.3 Å². The predicted octanol–water partition coefficient (Wildman–Crippen LogP) is 7.41. The van der Waals surface area contributed by atoms with Crippen molar-refractivity contribution in [2.75, 3.05) is 33.0 Å². The van der Waals surface area contributed by atoms with Crippen molar-refractivity contribution in [3.63, 3.8) is 0 Å². The molecule has 0 spiro atoms. The molecule has 2 rings (SSSR count). The maximum Gasteiger partial charge on any atom is 0.306 e. The van der Waals surface area contributed by atoms with E-state index in [0.29, 0.717) is 13.0 Å². The Morgan fingerprint density at radius 1 is 0.508 bits per heavy atom. The summed E-state index contributed by atoms with van der Waals surface area (Å²) in [5.41, 5.74) is 0. The molecule has 2 saturated heterocycles. The van der Waals surface area contributed by atoms with E-state index in [1.807, 2.05) is 0 Å². The van der Waals surface area contributed by atoms with Crippen LogP contribution in [0.15, 0.2) is 36.5 Å². The number of aliphatic hydroxyl groups is 7. The standard InChI is InChI=1S/C51H92O14/c1-3-5-7-9-11-13-15-17-19-21-23-25-27-29-31-33-35-60-37-40(63-43(53)34-32-30-28-26-24-22-20-18-16-14-12-10-8-6-4-2)38-61-50-49(59)47(57)45(55)42(65-50)39-62-51-48(58)46(56)44(54)41(36-52)64-51/h12,14,17-20,40-42,44-52,54-59H,3-11,13,15-16,21-39H2,1-2H3/b14-12-,19-17-,20-18-. The second-order valence-corrected chi connectivity index (χ2v) is 18.0. The van der Waals surface area contributed by atoms with Crippen LogP contribution in [0.25, 0.3) is 0 Å². The van der Waals surface area contributed by atoms with Crippen LogP contribution in [0.4, 0.5) is 0 Å². The van der Waals surface area contributed by atoms with Gasteiger partial charge in [-0.1, -0.05) is 140 Å². The summed E-state index contributed by atoms with van der Waals surface area (Å²) in [7, 11) is 0. The number of esters is 1. The second-order valence-electron chi connectivity index (χ2n) is 18.0. The molecule has 2 fully saturated rings. The number of carbonyl (C=O) groups is 1. The molecule has 65 heavy (non-hydrogen) atoms. The van der Waals surface area contributed by atoms with Crippen molar-refractivity contribution < 1.29 is 69.0 Å². The number of hydrogen-bond donors (Lipinski definition) is 7. The Balaban J connectivity index is 1.79. The van der Waals surface area contributed by atoms with Crippen LogP contribution in [-0.4, -0.2) is 142 Å². The molecule has 11 atom stereocenters. The van der Waals surface area contributed by atoms with Crippen LogP contribution in [0.2, 0.25) is 0 Å². The smallest absolute Gasteiger partial charge is 0.306 e. The van der Waals surface area contributed by atoms with Crippen molar-refractivity contribution in [3.8, 4) is 0 Å². The summed E-state index contributed by atoms with van der Waals surface area (Å²) in [5, 5.41) is 72.1. The molecular formula is C51H92O14. The van der Waals surface area contributed by atoms with Crippen LogP contribution in [0.3, 0.4) is 0 Å². The summed E-state index contributed by atoms with van der Waals surface area (Å²) in [4.78, 5) is 13.0. The van der Waals surface area contributed by atoms with Crippen molar-refractivity contribution in [3.05, 3.63) is 36.5 Å². The number of rotatable bonds is 40. The monoisotopic (exact) mass is 929 g/mol. The Morgan fingerprint density at radius 2 is 0.954 bits per heavy atom. The topological polar surface area (TPSA) is 214 Å². The van der Waals surface area contributed by atoms with Crippen molar-refractivity contribution >= 4 is 5.97 Å². The largest absolute Gasteiger partial charge is 0.457 e. The second kappa shape index (κ2) is 39.1. The Bertz CT molecular complexity index is 1220. The van der Waals surface area contributed by atoms with Gasteiger partial charge in [0.2, 0.25) is 0 Å². The van der Waals surface area contributed by atoms with E-state index in [-0.39, 0.29) is 19.6 Å². The molecule has 7 N–H and O–H groups in total. The van der Waals surface area contributed by atoms with Crippen LogP contribution in [0, 0.1) is 0 Å². The third-order valence-corrected chi connectivity index (χ3v) is 12.1. The fraction of sp³-hybridized carbons (Fsp3) is 0.863. The van der Waals surface area contributed by atoms with E-state index in [1.54, 1.807) is 0 Å². The van der Waals surface area contributed by atoms with Crippen molar-refractivity contribution in [1.82, 2.24) is 0 Å². The Kier molecular flexibility index (Phi) is 35.7. The summed E-state index contributed by atoms with van der Waals surface area (Å²) in [5.74, 6) is -0.392. The van der Waals surface area contributed by atoms with Crippen LogP contribution in [0.5, 0.6) is 0 Å². The molecule has 2 aliphatic rings. The lowest BCUT2D eigenvalue weighted by molar-refractivity contribution is -0.332. The number of allylic oxidation sites excluding steroid dienone is 6. The molecule has 2 heterocycles. The summed E-state index contributed by atoms with van der Waals surface area (Å²) < 4.78 is 34.2. The Morgan fingerprint density at radius 3 is 1.52 bits per heavy atom. The van der Waals surface area contributed by atoms with E-state index in [4.69, 9.17) is 28.4 Å². The van der Waals surface area contributed by atoms with Gasteiger partial charge in [-0.15, -0.1) is 0 Å². The first-order valence-electron chi connectivity index (χ1n) is 25.6. The lowest BCUT2D eigenvalue weighted by Gasteiger charge is -2.42. The average Bonchev–Trinajstić information content (AvgIpc) is 3.30. The van der Waals surface area contributed by atoms with Crippen molar-refractivity contribution in [1.29, 1.82) is 0 Å². The highest BCUT2D eigenvalue weighted by atomic mass is 16.7. The Labute approximate surface area is 391 Å². The number of carbonyl (C=O) groups excluding carboxylic acids is 1. The SMILES string of the molecule is CCCCC/C=C\C/C=C\CCCCCCCC(=O)OC(COCCCCCCCC/C=C\CCCCCCCC)COC1OC(COC2OC(CO)C(O)C(O)C2O)C(O)C(O)C1O. The van der Waals surface area contributed by atoms with Gasteiger partial charge in [-0.3, -0.25) is 4.79 Å². The maximum absolute atomic E-state index is 13.0. The molecule has 0 bridgehead atoms. The highest BCUT2D eigenvalue weighted by Crippen LogP contribution is 2.26. The predicted molar refractivity (Wildman–Crippen MR) is 252 cm³/mol. The first-order valence-corrected chi connectivity index (χ1v) is 25.6. The zero-order valence-electron chi connectivity index (χ0n) is 40.2. The lowest BCUT2D eigenvalue weighted by Crippen LogP contribution is -2.61. The van der Waals surface area contributed by atoms with E-state index < -0.39 is 86.7 Å². The van der Waals surface area contributed by atoms with E-state index in [0.717, 1.165) is 70.6 Å². The first kappa shape index (κ1) is 59.3. The molecule has 11 unspecified atom stereocenters. The van der Waals surface area contributed by atoms with Gasteiger partial charge in [-0.2, -0.15) is 0 Å². The lowest BCUT2D eigenvalue weighted by atomic mass is 9.98. The van der Waals surface area contributed by atoms with Crippen molar-refractivity contribution in [2.24, 2.45) is 0 Å². The first-order chi connectivity index (χ1) is 31.6. The molecule has 14 nitrogen and oxygen atoms in total. The molecule has 0 saturated carbocycles. The molecule has 0 aromatic rings. The third kappa shape index (κ3) is 27.1. The summed E-state index contributed by atoms with van der Waals surface area (Å²) in [6.07, 6.45) is 26.3. The highest BCUT2D eigenvalue weighted by Gasteiger charge is 2.47. The number of ether oxygens (including phenoxy) is 6. The van der Waals surface area contributed by atoms with Crippen LogP contribution in [-0.2, 0) is 33.2 Å². The number of unbranched alkanes of at least 4 members (excludes halogenated alkanes) is 20. The van der Waals surface area contributed by atoms with E-state index in [9.17, 15) is 40.5 Å². The number of aliphatic hydroxyl groups excluding tert-OH is 7. The molecule has 14 heteroatoms. The van der Waals surface area contributed by atoms with E-state index >= 15 is 0 Å². The van der Waals surface area contributed by atoms with Gasteiger partial charge in [0.1, 0.15) is 54.9 Å². The molecule has 0 aromatic heterocycles. The van der Waals surface area contributed by atoms with Crippen LogP contribution >= 0.6 is 0 Å². The quantitative estimate of drug-likeness (QED) is 0.0181. The minimum Gasteiger partial charge on any atom is -0.457 e. The molecule has 2 aliphatic heterocycles. The molecule has 380 valence electrons. The molecule has 0 aromatic carbocycles. The van der Waals surface area contributed by atoms with Gasteiger partial charge in [-0.05, 0) is 70.6 Å². The van der Waals surface area contributed by atoms with Gasteiger partial charge in [0, 0.05) is 13.0 Å². The average molecular weight is 929 g/mol. The fourth-order valence-electron chi connectivity index (χ4n) is 7.90. The fourth-order valence-corrected chi connectivity index (χ4v) is 7.90. The van der Waals surface area contributed by atoms with Gasteiger partial charge in [0.05, 0.1) is 26.4 Å². The summed E-state index contributed by atoms with van der Waals surface area (Å²) >= 11 is 0. The summed E-state index contributed by atoms with van der Waals surface area (Å²) in [6, 6.07) is 0. The minimum absolute atomic E-state index is 0.0522. The molecular weight excluding hydrogens is 837 g/mol. The van der Waals surface area contributed by atoms with Crippen LogP contribution < -0.4 is 0 Å². The zero-order valence-corrected chi connectivity index (χ0v) is 40.2. The maximum atomic E-state index is 13.0.